The topological polar surface area (TPSA) is 239 Å². The molecule has 0 radical (unpaired) electrons. The monoisotopic (exact) mass is 686 g/mol. The van der Waals surface area contributed by atoms with Crippen molar-refractivity contribution >= 4 is 69.2 Å². The zero-order valence-corrected chi connectivity index (χ0v) is 26.3. The quantitative estimate of drug-likeness (QED) is 0.0390. The molecule has 0 aliphatic carbocycles. The zero-order chi connectivity index (χ0) is 33.8. The smallest absolute Gasteiger partial charge is 0.423 e. The summed E-state index contributed by atoms with van der Waals surface area (Å²) in [4.78, 5) is 15.8. The van der Waals surface area contributed by atoms with Crippen molar-refractivity contribution in [2.45, 2.75) is 29.7 Å². The Labute approximate surface area is 266 Å². The average molecular weight is 687 g/mol. The molecule has 0 amide bonds. The van der Waals surface area contributed by atoms with Crippen molar-refractivity contribution in [2.24, 2.45) is 0 Å². The van der Waals surface area contributed by atoms with Gasteiger partial charge < -0.3 is 37.2 Å². The van der Waals surface area contributed by atoms with Crippen molar-refractivity contribution in [1.29, 1.82) is 0 Å². The zero-order valence-electron chi connectivity index (χ0n) is 23.8. The molecule has 0 aliphatic rings. The molecule has 242 valence electrons. The minimum atomic E-state index is -5.75. The van der Waals surface area contributed by atoms with Crippen LogP contribution in [0.25, 0.3) is 11.3 Å². The molecule has 2 heterocycles. The van der Waals surface area contributed by atoms with Gasteiger partial charge in [-0.1, -0.05) is 61.6 Å². The summed E-state index contributed by atoms with van der Waals surface area (Å²) in [5.74, 6) is 0.979. The SMILES string of the molecule is CCSc1nc(N)cc(-c2cccc(N)c2)n1.CCSc1nc(N)cc(OS(=O)(=O)C(F)(F)F)n1.Nc1cccc(B(O)O)c1. The summed E-state index contributed by atoms with van der Waals surface area (Å²) in [5.41, 5.74) is 20.1. The Bertz CT molecular complexity index is 1670. The molecule has 0 saturated heterocycles. The molecule has 0 unspecified atom stereocenters. The highest BCUT2D eigenvalue weighted by Gasteiger charge is 2.49. The van der Waals surface area contributed by atoms with Crippen LogP contribution >= 0.6 is 23.5 Å². The molecule has 2 aromatic carbocycles. The van der Waals surface area contributed by atoms with E-state index < -0.39 is 28.6 Å². The normalized spacial score (nSPS) is 11.0. The standard InChI is InChI=1S/C12H14N4S.C7H8F3N3O3S2.C6H8BNO2/c1-2-17-12-15-10(7-11(14)16-12)8-4-3-5-9(13)6-8;1-2-17-6-12-4(11)3-5(13-6)16-18(14,15)7(8,9)10;8-6-3-1-2-5(4-6)7(9)10/h3-7H,2,13H2,1H3,(H2,14,15,16);3H,2H2,1H3,(H2,11,12,13);1-4,9-10H,8H2. The van der Waals surface area contributed by atoms with Crippen LogP contribution in [-0.4, -0.2) is 62.5 Å². The molecule has 0 fully saturated rings. The van der Waals surface area contributed by atoms with E-state index >= 15 is 0 Å². The van der Waals surface area contributed by atoms with Crippen molar-refractivity contribution in [2.75, 3.05) is 34.4 Å². The van der Waals surface area contributed by atoms with Gasteiger partial charge in [-0.15, -0.1) is 0 Å². The number of anilines is 4. The van der Waals surface area contributed by atoms with E-state index in [1.165, 1.54) is 6.07 Å². The maximum atomic E-state index is 12.1. The molecule has 45 heavy (non-hydrogen) atoms. The van der Waals surface area contributed by atoms with Gasteiger partial charge in [-0.25, -0.2) is 15.0 Å². The van der Waals surface area contributed by atoms with Crippen LogP contribution in [0.4, 0.5) is 36.2 Å². The van der Waals surface area contributed by atoms with Crippen LogP contribution in [0.15, 0.2) is 71.0 Å². The van der Waals surface area contributed by atoms with Crippen molar-refractivity contribution in [1.82, 2.24) is 19.9 Å². The van der Waals surface area contributed by atoms with Crippen LogP contribution in [0.2, 0.25) is 0 Å². The summed E-state index contributed by atoms with van der Waals surface area (Å²) >= 11 is 2.65. The van der Waals surface area contributed by atoms with Crippen LogP contribution in [0.3, 0.4) is 0 Å². The largest absolute Gasteiger partial charge is 0.534 e. The fourth-order valence-electron chi connectivity index (χ4n) is 3.02. The van der Waals surface area contributed by atoms with Gasteiger partial charge >= 0.3 is 22.7 Å². The summed E-state index contributed by atoms with van der Waals surface area (Å²) in [5, 5.41) is 18.0. The van der Waals surface area contributed by atoms with E-state index in [2.05, 4.69) is 31.0 Å². The van der Waals surface area contributed by atoms with E-state index in [1.807, 2.05) is 24.3 Å². The maximum absolute atomic E-state index is 12.1. The summed E-state index contributed by atoms with van der Waals surface area (Å²) < 4.78 is 61.6. The third-order valence-electron chi connectivity index (χ3n) is 4.84. The lowest BCUT2D eigenvalue weighted by molar-refractivity contribution is -0.0501. The van der Waals surface area contributed by atoms with Crippen LogP contribution in [-0.2, 0) is 10.1 Å². The molecule has 0 atom stereocenters. The van der Waals surface area contributed by atoms with Gasteiger partial charge in [0.2, 0.25) is 5.88 Å². The number of aromatic nitrogens is 4. The van der Waals surface area contributed by atoms with Gasteiger partial charge in [0.25, 0.3) is 0 Å². The van der Waals surface area contributed by atoms with Gasteiger partial charge in [-0.3, -0.25) is 0 Å². The summed E-state index contributed by atoms with van der Waals surface area (Å²) in [6.07, 6.45) is 0. The molecule has 0 spiro atoms. The minimum Gasteiger partial charge on any atom is -0.423 e. The Balaban J connectivity index is 0.000000245. The van der Waals surface area contributed by atoms with Crippen LogP contribution < -0.4 is 32.6 Å². The number of benzene rings is 2. The number of nitrogen functional groups attached to an aromatic ring is 4. The molecule has 0 aliphatic heterocycles. The Morgan fingerprint density at radius 2 is 1.33 bits per heavy atom. The predicted octanol–water partition coefficient (Wildman–Crippen LogP) is 2.77. The van der Waals surface area contributed by atoms with Crippen LogP contribution in [0.1, 0.15) is 13.8 Å². The maximum Gasteiger partial charge on any atom is 0.534 e. The lowest BCUT2D eigenvalue weighted by Gasteiger charge is -2.09. The lowest BCUT2D eigenvalue weighted by atomic mass is 9.80. The lowest BCUT2D eigenvalue weighted by Crippen LogP contribution is -2.29. The van der Waals surface area contributed by atoms with Crippen molar-refractivity contribution < 1.29 is 35.8 Å². The second kappa shape index (κ2) is 16.9. The second-order valence-corrected chi connectivity index (χ2v) is 12.4. The fraction of sp³-hybridized carbons (Fsp3) is 0.200. The van der Waals surface area contributed by atoms with Crippen molar-refractivity contribution in [3.05, 3.63) is 60.7 Å². The molecule has 13 nitrogen and oxygen atoms in total. The first-order valence-electron chi connectivity index (χ1n) is 12.7. The summed E-state index contributed by atoms with van der Waals surface area (Å²) in [6, 6.07) is 16.6. The minimum absolute atomic E-state index is 0.0323. The Morgan fingerprint density at radius 3 is 1.82 bits per heavy atom. The molecular weight excluding hydrogens is 656 g/mol. The number of halogens is 3. The number of hydrogen-bond acceptors (Lipinski definition) is 15. The first kappa shape index (κ1) is 37.2. The highest BCUT2D eigenvalue weighted by molar-refractivity contribution is 7.99. The molecule has 4 aromatic rings. The van der Waals surface area contributed by atoms with Crippen molar-refractivity contribution in [3.63, 3.8) is 0 Å². The van der Waals surface area contributed by atoms with Gasteiger partial charge in [0.15, 0.2) is 10.3 Å². The number of hydrogen-bond donors (Lipinski definition) is 6. The van der Waals surface area contributed by atoms with E-state index in [4.69, 9.17) is 33.0 Å². The van der Waals surface area contributed by atoms with Gasteiger partial charge in [0, 0.05) is 29.1 Å². The summed E-state index contributed by atoms with van der Waals surface area (Å²) in [7, 11) is -7.18. The molecule has 0 saturated carbocycles. The van der Waals surface area contributed by atoms with Crippen LogP contribution in [0, 0.1) is 0 Å². The Kier molecular flexibility index (Phi) is 14.0. The van der Waals surface area contributed by atoms with Gasteiger partial charge in [0.05, 0.1) is 5.69 Å². The summed E-state index contributed by atoms with van der Waals surface area (Å²) in [6.45, 7) is 3.81. The van der Waals surface area contributed by atoms with E-state index in [0.717, 1.165) is 34.8 Å². The van der Waals surface area contributed by atoms with Gasteiger partial charge in [0.1, 0.15) is 11.6 Å². The van der Waals surface area contributed by atoms with Gasteiger partial charge in [-0.05, 0) is 41.2 Å². The van der Waals surface area contributed by atoms with E-state index in [1.54, 1.807) is 43.0 Å². The third kappa shape index (κ3) is 12.5. The third-order valence-corrected chi connectivity index (χ3v) is 7.26. The molecule has 2 aromatic heterocycles. The molecular formula is C25H30BF3N8O5S3. The second-order valence-electron chi connectivity index (χ2n) is 8.39. The number of thioether (sulfide) groups is 2. The van der Waals surface area contributed by atoms with Gasteiger partial charge in [-0.2, -0.15) is 26.6 Å². The van der Waals surface area contributed by atoms with Crippen molar-refractivity contribution in [3.8, 4) is 17.1 Å². The fourth-order valence-corrected chi connectivity index (χ4v) is 4.60. The molecule has 20 heteroatoms. The molecule has 4 rings (SSSR count). The number of nitrogens with two attached hydrogens (primary N) is 4. The first-order valence-corrected chi connectivity index (χ1v) is 16.1. The molecule has 0 bridgehead atoms. The van der Waals surface area contributed by atoms with E-state index in [9.17, 15) is 21.6 Å². The first-order chi connectivity index (χ1) is 21.0. The number of alkyl halides is 3. The Hall–Kier alpha value is -3.98. The predicted molar refractivity (Wildman–Crippen MR) is 172 cm³/mol. The van der Waals surface area contributed by atoms with Crippen LogP contribution in [0.5, 0.6) is 5.88 Å². The average Bonchev–Trinajstić information content (AvgIpc) is 2.93. The number of rotatable bonds is 8. The Morgan fingerprint density at radius 1 is 0.800 bits per heavy atom. The number of nitrogens with zero attached hydrogens (tertiary/aromatic N) is 4. The molecule has 10 N–H and O–H groups in total. The highest BCUT2D eigenvalue weighted by Crippen LogP contribution is 2.28. The van der Waals surface area contributed by atoms with E-state index in [-0.39, 0.29) is 11.0 Å². The highest BCUT2D eigenvalue weighted by atomic mass is 32.2. The van der Waals surface area contributed by atoms with E-state index in [0.29, 0.717) is 33.6 Å².